The van der Waals surface area contributed by atoms with Crippen molar-refractivity contribution in [1.29, 1.82) is 0 Å². The molecule has 0 fully saturated rings. The third-order valence-corrected chi connectivity index (χ3v) is 6.92. The summed E-state index contributed by atoms with van der Waals surface area (Å²) in [7, 11) is 3.24. The van der Waals surface area contributed by atoms with E-state index >= 15 is 4.39 Å². The minimum Gasteiger partial charge on any atom is -0.496 e. The van der Waals surface area contributed by atoms with Gasteiger partial charge >= 0.3 is 0 Å². The zero-order valence-corrected chi connectivity index (χ0v) is 22.8. The summed E-state index contributed by atoms with van der Waals surface area (Å²) >= 11 is 0. The Kier molecular flexibility index (Phi) is 9.11. The van der Waals surface area contributed by atoms with Crippen molar-refractivity contribution in [2.75, 3.05) is 34.2 Å². The molecule has 0 saturated carbocycles. The van der Waals surface area contributed by atoms with Crippen LogP contribution in [0.5, 0.6) is 17.2 Å². The highest BCUT2D eigenvalue weighted by Gasteiger charge is 2.26. The van der Waals surface area contributed by atoms with Crippen molar-refractivity contribution >= 4 is 11.1 Å². The lowest BCUT2D eigenvalue weighted by molar-refractivity contribution is -0.00850. The Balaban J connectivity index is 1.52. The highest BCUT2D eigenvalue weighted by molar-refractivity contribution is 6.02. The van der Waals surface area contributed by atoms with E-state index in [1.807, 2.05) is 66.7 Å². The Morgan fingerprint density at radius 3 is 2.25 bits per heavy atom. The molecule has 0 radical (unpaired) electrons. The van der Waals surface area contributed by atoms with Crippen molar-refractivity contribution < 1.29 is 28.1 Å². The van der Waals surface area contributed by atoms with Crippen molar-refractivity contribution in [3.8, 4) is 17.2 Å². The molecule has 0 heterocycles. The fourth-order valence-electron chi connectivity index (χ4n) is 4.95. The maximum absolute atomic E-state index is 15.6. The van der Waals surface area contributed by atoms with Crippen LogP contribution in [0.4, 0.5) is 4.39 Å². The summed E-state index contributed by atoms with van der Waals surface area (Å²) in [4.78, 5) is 0. The molecule has 0 bridgehead atoms. The van der Waals surface area contributed by atoms with E-state index in [4.69, 9.17) is 23.7 Å². The van der Waals surface area contributed by atoms with Gasteiger partial charge < -0.3 is 23.7 Å². The third kappa shape index (κ3) is 6.36. The number of hydrogen-bond donors (Lipinski definition) is 0. The summed E-state index contributed by atoms with van der Waals surface area (Å²) in [6.45, 7) is 1.38. The van der Waals surface area contributed by atoms with Crippen molar-refractivity contribution in [2.45, 2.75) is 19.4 Å². The Bertz CT molecular complexity index is 1450. The average molecular weight is 541 g/mol. The highest BCUT2D eigenvalue weighted by Crippen LogP contribution is 2.45. The first-order valence-corrected chi connectivity index (χ1v) is 13.3. The summed E-state index contributed by atoms with van der Waals surface area (Å²) in [5, 5.41) is 0. The van der Waals surface area contributed by atoms with E-state index in [-0.39, 0.29) is 19.1 Å². The average Bonchev–Trinajstić information content (AvgIpc) is 3.00. The van der Waals surface area contributed by atoms with Crippen LogP contribution >= 0.6 is 0 Å². The molecule has 0 unspecified atom stereocenters. The number of aryl methyl sites for hydroxylation is 1. The minimum absolute atomic E-state index is 0.142. The molecular weight excluding hydrogens is 507 g/mol. The zero-order chi connectivity index (χ0) is 27.7. The highest BCUT2D eigenvalue weighted by atomic mass is 19.1. The van der Waals surface area contributed by atoms with E-state index in [1.165, 1.54) is 6.07 Å². The Morgan fingerprint density at radius 1 is 0.725 bits per heavy atom. The number of fused-ring (bicyclic) bond motifs is 1. The first-order valence-electron chi connectivity index (χ1n) is 13.3. The predicted octanol–water partition coefficient (Wildman–Crippen LogP) is 7.32. The lowest BCUT2D eigenvalue weighted by Gasteiger charge is -2.26. The SMILES string of the molecule is COCCOCOc1ccc2c(c1)CCC(c1ccccc1)=C2c1cc(F)c(OCc2ccccc2)cc1OC. The smallest absolute Gasteiger partial charge is 0.189 e. The van der Waals surface area contributed by atoms with Gasteiger partial charge in [0.1, 0.15) is 18.1 Å². The number of hydrogen-bond acceptors (Lipinski definition) is 5. The first kappa shape index (κ1) is 27.4. The molecule has 206 valence electrons. The van der Waals surface area contributed by atoms with Gasteiger partial charge in [0.15, 0.2) is 18.4 Å². The Hall–Kier alpha value is -4.13. The summed E-state index contributed by atoms with van der Waals surface area (Å²) in [5.41, 5.74) is 6.97. The summed E-state index contributed by atoms with van der Waals surface area (Å²) < 4.78 is 43.5. The fraction of sp³-hybridized carbons (Fsp3) is 0.235. The molecule has 1 aliphatic rings. The summed E-state index contributed by atoms with van der Waals surface area (Å²) in [5.74, 6) is 0.987. The second-order valence-corrected chi connectivity index (χ2v) is 9.46. The molecule has 0 amide bonds. The molecule has 0 atom stereocenters. The van der Waals surface area contributed by atoms with Gasteiger partial charge in [0.25, 0.3) is 0 Å². The number of benzene rings is 4. The summed E-state index contributed by atoms with van der Waals surface area (Å²) in [6, 6.07) is 29.1. The van der Waals surface area contributed by atoms with Crippen LogP contribution in [-0.4, -0.2) is 34.2 Å². The van der Waals surface area contributed by atoms with Crippen LogP contribution in [0.3, 0.4) is 0 Å². The molecule has 5 rings (SSSR count). The second-order valence-electron chi connectivity index (χ2n) is 9.46. The quantitative estimate of drug-likeness (QED) is 0.139. The normalized spacial score (nSPS) is 12.7. The molecule has 4 aromatic rings. The van der Waals surface area contributed by atoms with Crippen molar-refractivity contribution in [1.82, 2.24) is 0 Å². The molecule has 0 N–H and O–H groups in total. The van der Waals surface area contributed by atoms with Gasteiger partial charge in [-0.3, -0.25) is 0 Å². The van der Waals surface area contributed by atoms with Crippen LogP contribution in [0.1, 0.15) is 34.2 Å². The van der Waals surface area contributed by atoms with Crippen molar-refractivity contribution in [2.24, 2.45) is 0 Å². The molecular formula is C34H33FO5. The largest absolute Gasteiger partial charge is 0.496 e. The predicted molar refractivity (Wildman–Crippen MR) is 154 cm³/mol. The third-order valence-electron chi connectivity index (χ3n) is 6.92. The van der Waals surface area contributed by atoms with Gasteiger partial charge in [-0.05, 0) is 64.4 Å². The molecule has 4 aromatic carbocycles. The van der Waals surface area contributed by atoms with Gasteiger partial charge in [-0.1, -0.05) is 66.7 Å². The molecule has 1 aliphatic carbocycles. The molecule has 0 aliphatic heterocycles. The second kappa shape index (κ2) is 13.3. The minimum atomic E-state index is -0.438. The van der Waals surface area contributed by atoms with E-state index in [1.54, 1.807) is 20.3 Å². The van der Waals surface area contributed by atoms with Gasteiger partial charge in [0.2, 0.25) is 0 Å². The monoisotopic (exact) mass is 540 g/mol. The molecule has 5 nitrogen and oxygen atoms in total. The number of methoxy groups -OCH3 is 2. The Morgan fingerprint density at radius 2 is 1.50 bits per heavy atom. The van der Waals surface area contributed by atoms with Gasteiger partial charge in [0.05, 0.1) is 20.3 Å². The van der Waals surface area contributed by atoms with Crippen molar-refractivity contribution in [3.63, 3.8) is 0 Å². The van der Waals surface area contributed by atoms with Gasteiger partial charge in [-0.2, -0.15) is 0 Å². The maximum atomic E-state index is 15.6. The lowest BCUT2D eigenvalue weighted by atomic mass is 9.79. The van der Waals surface area contributed by atoms with E-state index in [0.29, 0.717) is 24.5 Å². The van der Waals surface area contributed by atoms with Crippen LogP contribution in [0.25, 0.3) is 11.1 Å². The topological polar surface area (TPSA) is 46.2 Å². The number of halogens is 1. The molecule has 6 heteroatoms. The zero-order valence-electron chi connectivity index (χ0n) is 22.8. The maximum Gasteiger partial charge on any atom is 0.189 e. The standard InChI is InChI=1S/C34H33FO5/c1-36-17-18-38-23-40-27-14-16-29-26(19-27)13-15-28(25-11-7-4-8-12-25)34(29)30-20-31(35)33(21-32(30)37-2)39-22-24-9-5-3-6-10-24/h3-12,14,16,19-21H,13,15,17-18,22-23H2,1-2H3. The first-order chi connectivity index (χ1) is 19.7. The molecule has 0 aromatic heterocycles. The molecule has 40 heavy (non-hydrogen) atoms. The Labute approximate surface area is 234 Å². The number of rotatable bonds is 12. The van der Waals surface area contributed by atoms with Crippen LogP contribution in [0.2, 0.25) is 0 Å². The van der Waals surface area contributed by atoms with E-state index in [0.717, 1.165) is 52.0 Å². The number of ether oxygens (including phenoxy) is 5. The lowest BCUT2D eigenvalue weighted by Crippen LogP contribution is -2.10. The van der Waals surface area contributed by atoms with Gasteiger partial charge in [-0.15, -0.1) is 0 Å². The van der Waals surface area contributed by atoms with Crippen LogP contribution in [0.15, 0.2) is 91.0 Å². The molecule has 0 spiro atoms. The van der Waals surface area contributed by atoms with E-state index in [2.05, 4.69) is 12.1 Å². The fourth-order valence-corrected chi connectivity index (χ4v) is 4.95. The van der Waals surface area contributed by atoms with Crippen LogP contribution in [0, 0.1) is 5.82 Å². The van der Waals surface area contributed by atoms with Gasteiger partial charge in [-0.25, -0.2) is 4.39 Å². The van der Waals surface area contributed by atoms with Crippen LogP contribution in [-0.2, 0) is 22.5 Å². The van der Waals surface area contributed by atoms with E-state index < -0.39 is 5.82 Å². The number of allylic oxidation sites excluding steroid dienone is 1. The van der Waals surface area contributed by atoms with Crippen molar-refractivity contribution in [3.05, 3.63) is 125 Å². The molecule has 0 saturated heterocycles. The van der Waals surface area contributed by atoms with E-state index in [9.17, 15) is 0 Å². The summed E-state index contributed by atoms with van der Waals surface area (Å²) in [6.07, 6.45) is 1.62. The van der Waals surface area contributed by atoms with Crippen LogP contribution < -0.4 is 14.2 Å². The van der Waals surface area contributed by atoms with Gasteiger partial charge in [0, 0.05) is 18.7 Å².